The van der Waals surface area contributed by atoms with E-state index in [4.69, 9.17) is 5.26 Å². The average molecular weight is 365 g/mol. The smallest absolute Gasteiger partial charge is 0.273 e. The summed E-state index contributed by atoms with van der Waals surface area (Å²) in [5.41, 5.74) is 1.92. The molecule has 7 nitrogen and oxygen atoms in total. The Morgan fingerprint density at radius 3 is 2.74 bits per heavy atom. The number of aromatic nitrogens is 1. The number of amides is 2. The molecule has 0 aliphatic carbocycles. The quantitative estimate of drug-likeness (QED) is 0.898. The van der Waals surface area contributed by atoms with Gasteiger partial charge in [0, 0.05) is 26.1 Å². The third-order valence-electron chi connectivity index (χ3n) is 4.10. The molecule has 0 unspecified atom stereocenters. The molecule has 3 rings (SSSR count). The van der Waals surface area contributed by atoms with Gasteiger partial charge in [0.25, 0.3) is 5.91 Å². The molecule has 27 heavy (non-hydrogen) atoms. The van der Waals surface area contributed by atoms with Crippen LogP contribution >= 0.6 is 0 Å². The highest BCUT2D eigenvalue weighted by atomic mass is 19.1. The number of carbonyl (C=O) groups is 2. The molecule has 0 saturated heterocycles. The van der Waals surface area contributed by atoms with Crippen molar-refractivity contribution in [2.75, 3.05) is 12.4 Å². The molecule has 0 spiro atoms. The number of nitrogens with one attached hydrogen (secondary N) is 1. The minimum atomic E-state index is -0.546. The van der Waals surface area contributed by atoms with Gasteiger partial charge in [0.2, 0.25) is 5.91 Å². The second kappa shape index (κ2) is 7.74. The molecule has 2 heterocycles. The molecule has 2 aromatic rings. The number of anilines is 1. The average Bonchev–Trinajstić information content (AvgIpc) is 2.67. The number of nitriles is 1. The van der Waals surface area contributed by atoms with E-state index in [0.29, 0.717) is 18.7 Å². The van der Waals surface area contributed by atoms with Crippen LogP contribution in [0.25, 0.3) is 0 Å². The largest absolute Gasteiger partial charge is 0.305 e. The second-order valence-corrected chi connectivity index (χ2v) is 6.07. The van der Waals surface area contributed by atoms with E-state index >= 15 is 0 Å². The van der Waals surface area contributed by atoms with Crippen molar-refractivity contribution >= 4 is 23.3 Å². The molecule has 0 bridgehead atoms. The van der Waals surface area contributed by atoms with E-state index in [-0.39, 0.29) is 23.6 Å². The number of carbonyl (C=O) groups excluding carboxylic acids is 2. The lowest BCUT2D eigenvalue weighted by Gasteiger charge is -2.18. The van der Waals surface area contributed by atoms with E-state index in [1.54, 1.807) is 24.4 Å². The van der Waals surface area contributed by atoms with E-state index in [2.05, 4.69) is 15.4 Å². The summed E-state index contributed by atoms with van der Waals surface area (Å²) in [5, 5.41) is 16.7. The van der Waals surface area contributed by atoms with E-state index < -0.39 is 11.7 Å². The first kappa shape index (κ1) is 18.2. The number of halogens is 1. The number of rotatable bonds is 4. The molecule has 136 valence electrons. The normalized spacial score (nSPS) is 13.7. The van der Waals surface area contributed by atoms with Crippen molar-refractivity contribution in [1.82, 2.24) is 9.99 Å². The van der Waals surface area contributed by atoms with Crippen LogP contribution in [0, 0.1) is 17.1 Å². The van der Waals surface area contributed by atoms with Crippen molar-refractivity contribution in [3.8, 4) is 6.07 Å². The number of benzene rings is 1. The fourth-order valence-corrected chi connectivity index (χ4v) is 2.63. The van der Waals surface area contributed by atoms with Crippen LogP contribution in [-0.4, -0.2) is 34.6 Å². The van der Waals surface area contributed by atoms with Gasteiger partial charge in [-0.1, -0.05) is 12.1 Å². The molecule has 1 aromatic carbocycles. The number of pyridine rings is 1. The Labute approximate surface area is 155 Å². The van der Waals surface area contributed by atoms with Gasteiger partial charge < -0.3 is 5.32 Å². The summed E-state index contributed by atoms with van der Waals surface area (Å²) in [6, 6.07) is 9.64. The van der Waals surface area contributed by atoms with Gasteiger partial charge in [-0.25, -0.2) is 14.4 Å². The number of hydrogen-bond donors (Lipinski definition) is 1. The van der Waals surface area contributed by atoms with Crippen molar-refractivity contribution in [2.24, 2.45) is 5.10 Å². The maximum Gasteiger partial charge on any atom is 0.273 e. The molecule has 1 aliphatic rings. The predicted molar refractivity (Wildman–Crippen MR) is 96.2 cm³/mol. The molecular formula is C19H16FN5O2. The van der Waals surface area contributed by atoms with Crippen LogP contribution in [0.5, 0.6) is 0 Å². The SMILES string of the molecule is CN1N=C(C(=O)Nc2ccc(Cc3ccc(F)c(C#N)c3)cn2)CCC1=O. The zero-order chi connectivity index (χ0) is 19.4. The van der Waals surface area contributed by atoms with Gasteiger partial charge in [-0.05, 0) is 35.7 Å². The second-order valence-electron chi connectivity index (χ2n) is 6.07. The lowest BCUT2D eigenvalue weighted by atomic mass is 10.0. The van der Waals surface area contributed by atoms with E-state index in [1.165, 1.54) is 19.2 Å². The Kier molecular flexibility index (Phi) is 5.22. The molecule has 0 saturated carbocycles. The predicted octanol–water partition coefficient (Wildman–Crippen LogP) is 2.23. The van der Waals surface area contributed by atoms with Gasteiger partial charge in [0.15, 0.2) is 0 Å². The van der Waals surface area contributed by atoms with Crippen LogP contribution in [0.4, 0.5) is 10.2 Å². The van der Waals surface area contributed by atoms with Gasteiger partial charge in [-0.2, -0.15) is 10.4 Å². The third kappa shape index (κ3) is 4.33. The summed E-state index contributed by atoms with van der Waals surface area (Å²) >= 11 is 0. The summed E-state index contributed by atoms with van der Waals surface area (Å²) in [6.07, 6.45) is 2.62. The van der Waals surface area contributed by atoms with Gasteiger partial charge in [-0.15, -0.1) is 0 Å². The zero-order valence-electron chi connectivity index (χ0n) is 14.6. The topological polar surface area (TPSA) is 98.5 Å². The van der Waals surface area contributed by atoms with E-state index in [0.717, 1.165) is 16.1 Å². The first-order valence-corrected chi connectivity index (χ1v) is 8.25. The van der Waals surface area contributed by atoms with Crippen molar-refractivity contribution in [2.45, 2.75) is 19.3 Å². The summed E-state index contributed by atoms with van der Waals surface area (Å²) in [7, 11) is 1.51. The lowest BCUT2D eigenvalue weighted by Crippen LogP contribution is -2.34. The van der Waals surface area contributed by atoms with Crippen LogP contribution < -0.4 is 5.32 Å². The van der Waals surface area contributed by atoms with Crippen LogP contribution in [0.3, 0.4) is 0 Å². The fraction of sp³-hybridized carbons (Fsp3) is 0.211. The van der Waals surface area contributed by atoms with Crippen molar-refractivity contribution in [3.05, 3.63) is 59.0 Å². The summed E-state index contributed by atoms with van der Waals surface area (Å²) in [4.78, 5) is 27.8. The number of nitrogens with zero attached hydrogens (tertiary/aromatic N) is 4. The summed E-state index contributed by atoms with van der Waals surface area (Å²) in [6.45, 7) is 0. The first-order valence-electron chi connectivity index (χ1n) is 8.25. The highest BCUT2D eigenvalue weighted by molar-refractivity contribution is 6.43. The van der Waals surface area contributed by atoms with Crippen LogP contribution in [0.2, 0.25) is 0 Å². The van der Waals surface area contributed by atoms with Crippen LogP contribution in [-0.2, 0) is 16.0 Å². The minimum absolute atomic E-state index is 0.000971. The van der Waals surface area contributed by atoms with Crippen LogP contribution in [0.1, 0.15) is 29.5 Å². The maximum atomic E-state index is 13.4. The van der Waals surface area contributed by atoms with E-state index in [1.807, 2.05) is 6.07 Å². The molecule has 1 N–H and O–H groups in total. The van der Waals surface area contributed by atoms with E-state index in [9.17, 15) is 14.0 Å². The Morgan fingerprint density at radius 2 is 2.07 bits per heavy atom. The zero-order valence-corrected chi connectivity index (χ0v) is 14.6. The van der Waals surface area contributed by atoms with Gasteiger partial charge in [-0.3, -0.25) is 9.59 Å². The monoisotopic (exact) mass is 365 g/mol. The molecule has 0 radical (unpaired) electrons. The molecule has 1 aromatic heterocycles. The molecule has 1 aliphatic heterocycles. The molecule has 0 atom stereocenters. The van der Waals surface area contributed by atoms with Crippen molar-refractivity contribution in [1.29, 1.82) is 5.26 Å². The Morgan fingerprint density at radius 1 is 1.30 bits per heavy atom. The number of hydrogen-bond acceptors (Lipinski definition) is 5. The highest BCUT2D eigenvalue weighted by Gasteiger charge is 2.22. The lowest BCUT2D eigenvalue weighted by molar-refractivity contribution is -0.130. The fourth-order valence-electron chi connectivity index (χ4n) is 2.63. The summed E-state index contributed by atoms with van der Waals surface area (Å²) in [5.74, 6) is -0.709. The Hall–Kier alpha value is -3.60. The third-order valence-corrected chi connectivity index (χ3v) is 4.10. The van der Waals surface area contributed by atoms with Gasteiger partial charge in [0.05, 0.1) is 5.56 Å². The highest BCUT2D eigenvalue weighted by Crippen LogP contribution is 2.15. The summed E-state index contributed by atoms with van der Waals surface area (Å²) < 4.78 is 13.4. The molecule has 0 fully saturated rings. The van der Waals surface area contributed by atoms with Crippen molar-refractivity contribution < 1.29 is 14.0 Å². The molecule has 2 amide bonds. The molecular weight excluding hydrogens is 349 g/mol. The minimum Gasteiger partial charge on any atom is -0.305 e. The molecule has 8 heteroatoms. The Balaban J connectivity index is 1.65. The van der Waals surface area contributed by atoms with Gasteiger partial charge >= 0.3 is 0 Å². The van der Waals surface area contributed by atoms with Crippen LogP contribution in [0.15, 0.2) is 41.6 Å². The maximum absolute atomic E-state index is 13.4. The van der Waals surface area contributed by atoms with Crippen molar-refractivity contribution in [3.63, 3.8) is 0 Å². The van der Waals surface area contributed by atoms with Gasteiger partial charge in [0.1, 0.15) is 23.4 Å². The first-order chi connectivity index (χ1) is 13.0. The Bertz CT molecular complexity index is 963. The number of hydrazone groups is 1. The standard InChI is InChI=1S/C19H16FN5O2/c1-25-18(26)7-5-16(24-25)19(27)23-17-6-3-13(11-22-17)8-12-2-4-15(20)14(9-12)10-21/h2-4,6,9,11H,5,7-8H2,1H3,(H,22,23,27).